The molecular weight excluding hydrogens is 520 g/mol. The van der Waals surface area contributed by atoms with Crippen LogP contribution in [0.4, 0.5) is 0 Å². The number of amides is 1. The third kappa shape index (κ3) is 5.32. The molecule has 2 heterocycles. The SMILES string of the molecule is COc1ccc(/C=N\NC(=O)CSc2nc3sc4c(c3c(=O)n2-c2ccc(C)cc2)CCCC4)cc1OC. The molecule has 2 aromatic heterocycles. The number of nitrogens with zero attached hydrogens (tertiary/aromatic N) is 3. The zero-order chi connectivity index (χ0) is 26.6. The Morgan fingerprint density at radius 2 is 1.89 bits per heavy atom. The molecule has 1 aliphatic rings. The van der Waals surface area contributed by atoms with E-state index in [9.17, 15) is 9.59 Å². The van der Waals surface area contributed by atoms with E-state index in [1.807, 2.05) is 37.3 Å². The average molecular weight is 549 g/mol. The molecule has 0 bridgehead atoms. The molecule has 2 aromatic carbocycles. The summed E-state index contributed by atoms with van der Waals surface area (Å²) in [5.74, 6) is 0.935. The number of carbonyl (C=O) groups is 1. The van der Waals surface area contributed by atoms with Crippen LogP contribution in [0.1, 0.15) is 34.4 Å². The number of nitrogens with one attached hydrogen (secondary N) is 1. The van der Waals surface area contributed by atoms with Crippen molar-refractivity contribution in [1.29, 1.82) is 0 Å². The van der Waals surface area contributed by atoms with Crippen molar-refractivity contribution < 1.29 is 14.3 Å². The Labute approximate surface area is 228 Å². The number of ether oxygens (including phenoxy) is 2. The molecule has 0 unspecified atom stereocenters. The molecule has 0 radical (unpaired) electrons. The third-order valence-corrected chi connectivity index (χ3v) is 8.52. The zero-order valence-corrected chi connectivity index (χ0v) is 23.1. The molecule has 1 amide bonds. The largest absolute Gasteiger partial charge is 0.493 e. The van der Waals surface area contributed by atoms with Gasteiger partial charge in [-0.25, -0.2) is 10.4 Å². The molecule has 0 atom stereocenters. The average Bonchev–Trinajstić information content (AvgIpc) is 3.31. The number of thioether (sulfide) groups is 1. The van der Waals surface area contributed by atoms with E-state index in [-0.39, 0.29) is 17.2 Å². The first-order valence-electron chi connectivity index (χ1n) is 12.3. The van der Waals surface area contributed by atoms with Crippen LogP contribution >= 0.6 is 23.1 Å². The van der Waals surface area contributed by atoms with E-state index in [0.29, 0.717) is 16.7 Å². The van der Waals surface area contributed by atoms with E-state index in [1.165, 1.54) is 22.9 Å². The molecule has 1 aliphatic carbocycles. The van der Waals surface area contributed by atoms with Gasteiger partial charge in [0.05, 0.1) is 37.3 Å². The number of rotatable bonds is 8. The normalized spacial score (nSPS) is 13.0. The van der Waals surface area contributed by atoms with Crippen molar-refractivity contribution in [2.45, 2.75) is 37.8 Å². The molecule has 0 fully saturated rings. The number of aryl methyl sites for hydroxylation is 3. The van der Waals surface area contributed by atoms with E-state index >= 15 is 0 Å². The van der Waals surface area contributed by atoms with Gasteiger partial charge in [-0.15, -0.1) is 11.3 Å². The zero-order valence-electron chi connectivity index (χ0n) is 21.4. The lowest BCUT2D eigenvalue weighted by Gasteiger charge is -2.13. The quantitative estimate of drug-likeness (QED) is 0.146. The maximum atomic E-state index is 13.8. The lowest BCUT2D eigenvalue weighted by molar-refractivity contribution is -0.118. The van der Waals surface area contributed by atoms with E-state index in [1.54, 1.807) is 42.3 Å². The topological polar surface area (TPSA) is 94.8 Å². The fourth-order valence-electron chi connectivity index (χ4n) is 4.48. The monoisotopic (exact) mass is 548 g/mol. The van der Waals surface area contributed by atoms with Crippen molar-refractivity contribution >= 4 is 45.4 Å². The van der Waals surface area contributed by atoms with Crippen LogP contribution in [0.3, 0.4) is 0 Å². The highest BCUT2D eigenvalue weighted by Gasteiger charge is 2.23. The number of benzene rings is 2. The lowest BCUT2D eigenvalue weighted by Crippen LogP contribution is -2.24. The van der Waals surface area contributed by atoms with E-state index in [4.69, 9.17) is 14.5 Å². The minimum absolute atomic E-state index is 0.0537. The number of methoxy groups -OCH3 is 2. The summed E-state index contributed by atoms with van der Waals surface area (Å²) in [6, 6.07) is 13.1. The van der Waals surface area contributed by atoms with Gasteiger partial charge in [0.25, 0.3) is 11.5 Å². The highest BCUT2D eigenvalue weighted by atomic mass is 32.2. The summed E-state index contributed by atoms with van der Waals surface area (Å²) in [5, 5.41) is 5.28. The maximum Gasteiger partial charge on any atom is 0.267 e. The van der Waals surface area contributed by atoms with Crippen molar-refractivity contribution in [3.63, 3.8) is 0 Å². The van der Waals surface area contributed by atoms with Crippen LogP contribution in [-0.2, 0) is 17.6 Å². The van der Waals surface area contributed by atoms with Gasteiger partial charge < -0.3 is 9.47 Å². The number of hydrogen-bond donors (Lipinski definition) is 1. The highest BCUT2D eigenvalue weighted by Crippen LogP contribution is 2.35. The summed E-state index contributed by atoms with van der Waals surface area (Å²) in [6.07, 6.45) is 5.66. The first kappa shape index (κ1) is 26.0. The first-order chi connectivity index (χ1) is 18.5. The number of thiophene rings is 1. The molecule has 8 nitrogen and oxygen atoms in total. The second-order valence-corrected chi connectivity index (χ2v) is 11.0. The second-order valence-electron chi connectivity index (χ2n) is 8.96. The second kappa shape index (κ2) is 11.4. The highest BCUT2D eigenvalue weighted by molar-refractivity contribution is 7.99. The number of fused-ring (bicyclic) bond motifs is 3. The molecular formula is C28H28N4O4S2. The van der Waals surface area contributed by atoms with Crippen molar-refractivity contribution in [3.8, 4) is 17.2 Å². The van der Waals surface area contributed by atoms with Gasteiger partial charge in [0, 0.05) is 4.88 Å². The summed E-state index contributed by atoms with van der Waals surface area (Å²) >= 11 is 2.83. The summed E-state index contributed by atoms with van der Waals surface area (Å²) in [5.41, 5.74) is 6.21. The van der Waals surface area contributed by atoms with Crippen LogP contribution in [0.25, 0.3) is 15.9 Å². The van der Waals surface area contributed by atoms with Gasteiger partial charge in [-0.05, 0) is 74.1 Å². The Morgan fingerprint density at radius 3 is 2.66 bits per heavy atom. The number of carbonyl (C=O) groups excluding carboxylic acids is 1. The number of aromatic nitrogens is 2. The Morgan fingerprint density at radius 1 is 1.13 bits per heavy atom. The molecule has 4 aromatic rings. The first-order valence-corrected chi connectivity index (χ1v) is 14.1. The third-order valence-electron chi connectivity index (χ3n) is 6.39. The molecule has 0 aliphatic heterocycles. The van der Waals surface area contributed by atoms with Crippen LogP contribution in [0.2, 0.25) is 0 Å². The van der Waals surface area contributed by atoms with Gasteiger partial charge in [0.1, 0.15) is 4.83 Å². The molecule has 196 valence electrons. The predicted molar refractivity (Wildman–Crippen MR) is 153 cm³/mol. The standard InChI is InChI=1S/C28H28N4O4S2/c1-17-8-11-19(12-9-17)32-27(34)25-20-6-4-5-7-23(20)38-26(25)30-28(32)37-16-24(33)31-29-15-18-10-13-21(35-2)22(14-18)36-3/h8-15H,4-7,16H2,1-3H3,(H,31,33)/b29-15-. The Balaban J connectivity index is 1.38. The van der Waals surface area contributed by atoms with Crippen molar-refractivity contribution in [1.82, 2.24) is 15.0 Å². The van der Waals surface area contributed by atoms with E-state index in [0.717, 1.165) is 58.3 Å². The van der Waals surface area contributed by atoms with Gasteiger partial charge in [0.15, 0.2) is 16.7 Å². The Kier molecular flexibility index (Phi) is 7.80. The number of hydrazone groups is 1. The maximum absolute atomic E-state index is 13.8. The van der Waals surface area contributed by atoms with Crippen LogP contribution in [-0.4, -0.2) is 41.6 Å². The summed E-state index contributed by atoms with van der Waals surface area (Å²) in [4.78, 5) is 33.3. The van der Waals surface area contributed by atoms with Crippen LogP contribution in [0, 0.1) is 6.92 Å². The van der Waals surface area contributed by atoms with Gasteiger partial charge >= 0.3 is 0 Å². The van der Waals surface area contributed by atoms with Gasteiger partial charge in [-0.2, -0.15) is 5.10 Å². The number of hydrogen-bond acceptors (Lipinski definition) is 8. The molecule has 0 saturated carbocycles. The van der Waals surface area contributed by atoms with Gasteiger partial charge in [-0.3, -0.25) is 14.2 Å². The van der Waals surface area contributed by atoms with Crippen LogP contribution in [0.5, 0.6) is 11.5 Å². The van der Waals surface area contributed by atoms with Crippen LogP contribution < -0.4 is 20.5 Å². The summed E-state index contributed by atoms with van der Waals surface area (Å²) in [7, 11) is 3.13. The Hall–Kier alpha value is -3.63. The van der Waals surface area contributed by atoms with Gasteiger partial charge in [-0.1, -0.05) is 29.5 Å². The minimum atomic E-state index is -0.304. The molecule has 5 rings (SSSR count). The van der Waals surface area contributed by atoms with Crippen LogP contribution in [0.15, 0.2) is 57.5 Å². The fourth-order valence-corrected chi connectivity index (χ4v) is 6.59. The van der Waals surface area contributed by atoms with Crippen molar-refractivity contribution in [3.05, 3.63) is 74.4 Å². The molecule has 10 heteroatoms. The minimum Gasteiger partial charge on any atom is -0.493 e. The van der Waals surface area contributed by atoms with Crippen molar-refractivity contribution in [2.24, 2.45) is 5.10 Å². The molecule has 38 heavy (non-hydrogen) atoms. The summed E-state index contributed by atoms with van der Waals surface area (Å²) in [6.45, 7) is 2.01. The van der Waals surface area contributed by atoms with E-state index in [2.05, 4.69) is 10.5 Å². The molecule has 0 spiro atoms. The lowest BCUT2D eigenvalue weighted by atomic mass is 9.97. The smallest absolute Gasteiger partial charge is 0.267 e. The van der Waals surface area contributed by atoms with Crippen molar-refractivity contribution in [2.75, 3.05) is 20.0 Å². The molecule has 1 N–H and O–H groups in total. The Bertz CT molecular complexity index is 1570. The molecule has 0 saturated heterocycles. The fraction of sp³-hybridized carbons (Fsp3) is 0.286. The summed E-state index contributed by atoms with van der Waals surface area (Å²) < 4.78 is 12.2. The predicted octanol–water partition coefficient (Wildman–Crippen LogP) is 4.89. The van der Waals surface area contributed by atoms with E-state index < -0.39 is 0 Å². The van der Waals surface area contributed by atoms with Gasteiger partial charge in [0.2, 0.25) is 0 Å².